The van der Waals surface area contributed by atoms with Crippen molar-refractivity contribution in [1.82, 2.24) is 5.32 Å². The minimum atomic E-state index is -4.51. The number of nitrogens with zero attached hydrogens (tertiary/aromatic N) is 1. The molecule has 4 nitrogen and oxygen atoms in total. The summed E-state index contributed by atoms with van der Waals surface area (Å²) in [6.45, 7) is 3.18. The summed E-state index contributed by atoms with van der Waals surface area (Å²) in [4.78, 5) is 3.28. The molecule has 0 bridgehead atoms. The van der Waals surface area contributed by atoms with Crippen LogP contribution < -0.4 is 5.32 Å². The number of nitrogens with one attached hydrogen (secondary N) is 1. The molecule has 0 aliphatic carbocycles. The van der Waals surface area contributed by atoms with E-state index < -0.39 is 11.9 Å². The zero-order chi connectivity index (χ0) is 15.2. The Morgan fingerprint density at radius 2 is 2.15 bits per heavy atom. The summed E-state index contributed by atoms with van der Waals surface area (Å²) in [5.41, 5.74) is -0.988. The molecule has 1 heterocycles. The standard InChI is InChI=1S/C13H21F3N2O2/c1-4-10(12(17-2)13(14,15)16)20-8-9-7-18-6-5-11(9)19-3/h4,9,11,18H,5-8H2,1-3H3/b10-4+,17-12?. The average Bonchev–Trinajstić information content (AvgIpc) is 2.42. The minimum Gasteiger partial charge on any atom is -0.491 e. The molecule has 0 aromatic rings. The van der Waals surface area contributed by atoms with Crippen LogP contribution in [0.1, 0.15) is 13.3 Å². The van der Waals surface area contributed by atoms with E-state index in [1.54, 1.807) is 7.11 Å². The van der Waals surface area contributed by atoms with Crippen LogP contribution in [-0.2, 0) is 9.47 Å². The fourth-order valence-electron chi connectivity index (χ4n) is 2.24. The maximum atomic E-state index is 12.8. The van der Waals surface area contributed by atoms with Gasteiger partial charge in [0.15, 0.2) is 5.71 Å². The third-order valence-electron chi connectivity index (χ3n) is 3.28. The molecule has 0 spiro atoms. The molecule has 1 aliphatic rings. The number of ether oxygens (including phenoxy) is 2. The molecule has 0 radical (unpaired) electrons. The van der Waals surface area contributed by atoms with Crippen LogP contribution in [0, 0.1) is 5.92 Å². The van der Waals surface area contributed by atoms with Gasteiger partial charge in [0.05, 0.1) is 12.7 Å². The van der Waals surface area contributed by atoms with E-state index in [1.807, 2.05) is 0 Å². The summed E-state index contributed by atoms with van der Waals surface area (Å²) < 4.78 is 49.0. The van der Waals surface area contributed by atoms with Gasteiger partial charge >= 0.3 is 6.18 Å². The van der Waals surface area contributed by atoms with Crippen LogP contribution in [-0.4, -0.2) is 51.8 Å². The second-order valence-corrected chi connectivity index (χ2v) is 4.56. The molecule has 1 saturated heterocycles. The highest BCUT2D eigenvalue weighted by Crippen LogP contribution is 2.24. The molecule has 116 valence electrons. The lowest BCUT2D eigenvalue weighted by Crippen LogP contribution is -2.43. The SMILES string of the molecule is C/C=C(/OCC1CNCCC1OC)C(=NC)C(F)(F)F. The van der Waals surface area contributed by atoms with E-state index in [0.717, 1.165) is 20.0 Å². The average molecular weight is 294 g/mol. The molecule has 1 fully saturated rings. The lowest BCUT2D eigenvalue weighted by Gasteiger charge is -2.31. The van der Waals surface area contributed by atoms with Gasteiger partial charge in [-0.05, 0) is 26.0 Å². The first kappa shape index (κ1) is 17.0. The van der Waals surface area contributed by atoms with Gasteiger partial charge in [0, 0.05) is 26.6 Å². The van der Waals surface area contributed by atoms with Gasteiger partial charge in [-0.3, -0.25) is 4.99 Å². The summed E-state index contributed by atoms with van der Waals surface area (Å²) >= 11 is 0. The van der Waals surface area contributed by atoms with Crippen LogP contribution in [0.5, 0.6) is 0 Å². The topological polar surface area (TPSA) is 42.8 Å². The van der Waals surface area contributed by atoms with Crippen LogP contribution in [0.25, 0.3) is 0 Å². The highest BCUT2D eigenvalue weighted by molar-refractivity contribution is 6.02. The molecular weight excluding hydrogens is 273 g/mol. The van der Waals surface area contributed by atoms with Crippen molar-refractivity contribution >= 4 is 5.71 Å². The van der Waals surface area contributed by atoms with Crippen LogP contribution >= 0.6 is 0 Å². The van der Waals surface area contributed by atoms with Crippen molar-refractivity contribution in [3.63, 3.8) is 0 Å². The highest BCUT2D eigenvalue weighted by Gasteiger charge is 2.39. The first-order valence-corrected chi connectivity index (χ1v) is 6.51. The molecule has 2 atom stereocenters. The molecule has 0 aromatic carbocycles. The fourth-order valence-corrected chi connectivity index (χ4v) is 2.24. The van der Waals surface area contributed by atoms with Gasteiger partial charge in [0.25, 0.3) is 0 Å². The molecule has 1 rings (SSSR count). The second kappa shape index (κ2) is 7.64. The first-order valence-electron chi connectivity index (χ1n) is 6.51. The van der Waals surface area contributed by atoms with E-state index in [4.69, 9.17) is 9.47 Å². The molecule has 0 aromatic heterocycles. The molecular formula is C13H21F3N2O2. The van der Waals surface area contributed by atoms with Gasteiger partial charge in [-0.15, -0.1) is 0 Å². The Balaban J connectivity index is 2.66. The number of alkyl halides is 3. The lowest BCUT2D eigenvalue weighted by atomic mass is 9.97. The number of allylic oxidation sites excluding steroid dienone is 2. The number of piperidine rings is 1. The quantitative estimate of drug-likeness (QED) is 0.624. The number of hydrogen-bond donors (Lipinski definition) is 1. The van der Waals surface area contributed by atoms with E-state index in [-0.39, 0.29) is 24.4 Å². The van der Waals surface area contributed by atoms with Crippen molar-refractivity contribution in [2.45, 2.75) is 25.6 Å². The molecule has 1 N–H and O–H groups in total. The van der Waals surface area contributed by atoms with Gasteiger partial charge in [0.2, 0.25) is 0 Å². The van der Waals surface area contributed by atoms with Gasteiger partial charge in [-0.2, -0.15) is 13.2 Å². The van der Waals surface area contributed by atoms with E-state index in [1.165, 1.54) is 13.0 Å². The molecule has 0 amide bonds. The van der Waals surface area contributed by atoms with Gasteiger partial charge < -0.3 is 14.8 Å². The maximum absolute atomic E-state index is 12.8. The molecule has 7 heteroatoms. The third-order valence-corrected chi connectivity index (χ3v) is 3.28. The fraction of sp³-hybridized carbons (Fsp3) is 0.769. The summed E-state index contributed by atoms with van der Waals surface area (Å²) in [7, 11) is 2.71. The van der Waals surface area contributed by atoms with Crippen LogP contribution in [0.3, 0.4) is 0 Å². The predicted octanol–water partition coefficient (Wildman–Crippen LogP) is 2.16. The molecule has 0 saturated carbocycles. The first-order chi connectivity index (χ1) is 9.43. The monoisotopic (exact) mass is 294 g/mol. The Labute approximate surface area is 117 Å². The summed E-state index contributed by atoms with van der Waals surface area (Å²) in [6.07, 6.45) is -2.40. The Hall–Kier alpha value is -1.08. The van der Waals surface area contributed by atoms with Gasteiger partial charge in [-0.1, -0.05) is 0 Å². The van der Waals surface area contributed by atoms with E-state index >= 15 is 0 Å². The molecule has 1 aliphatic heterocycles. The van der Waals surface area contributed by atoms with E-state index in [2.05, 4.69) is 10.3 Å². The van der Waals surface area contributed by atoms with Crippen molar-refractivity contribution < 1.29 is 22.6 Å². The van der Waals surface area contributed by atoms with Gasteiger partial charge in [-0.25, -0.2) is 0 Å². The van der Waals surface area contributed by atoms with Crippen LogP contribution in [0.2, 0.25) is 0 Å². The van der Waals surface area contributed by atoms with Crippen molar-refractivity contribution in [1.29, 1.82) is 0 Å². The van der Waals surface area contributed by atoms with Crippen molar-refractivity contribution in [2.24, 2.45) is 10.9 Å². The predicted molar refractivity (Wildman–Crippen MR) is 70.9 cm³/mol. The maximum Gasteiger partial charge on any atom is 0.436 e. The largest absolute Gasteiger partial charge is 0.491 e. The summed E-state index contributed by atoms with van der Waals surface area (Å²) in [5.74, 6) is -0.213. The Morgan fingerprint density at radius 3 is 2.65 bits per heavy atom. The van der Waals surface area contributed by atoms with Crippen LogP contribution in [0.15, 0.2) is 16.8 Å². The Bertz CT molecular complexity index is 367. The number of rotatable bonds is 5. The Kier molecular flexibility index (Phi) is 6.48. The van der Waals surface area contributed by atoms with Gasteiger partial charge in [0.1, 0.15) is 5.76 Å². The lowest BCUT2D eigenvalue weighted by molar-refractivity contribution is -0.0618. The van der Waals surface area contributed by atoms with E-state index in [0.29, 0.717) is 6.54 Å². The van der Waals surface area contributed by atoms with Crippen molar-refractivity contribution in [3.05, 3.63) is 11.8 Å². The number of hydrogen-bond acceptors (Lipinski definition) is 4. The Morgan fingerprint density at radius 1 is 1.45 bits per heavy atom. The third kappa shape index (κ3) is 4.49. The smallest absolute Gasteiger partial charge is 0.436 e. The summed E-state index contributed by atoms with van der Waals surface area (Å²) in [5, 5.41) is 3.18. The van der Waals surface area contributed by atoms with Crippen molar-refractivity contribution in [2.75, 3.05) is 33.9 Å². The second-order valence-electron chi connectivity index (χ2n) is 4.56. The number of aliphatic imine (C=N–C) groups is 1. The number of methoxy groups -OCH3 is 1. The van der Waals surface area contributed by atoms with Crippen molar-refractivity contribution in [3.8, 4) is 0 Å². The molecule has 2 unspecified atom stereocenters. The zero-order valence-electron chi connectivity index (χ0n) is 12.0. The van der Waals surface area contributed by atoms with Crippen LogP contribution in [0.4, 0.5) is 13.2 Å². The number of halogens is 3. The summed E-state index contributed by atoms with van der Waals surface area (Å²) in [6, 6.07) is 0. The minimum absolute atomic E-state index is 0.00209. The normalized spacial score (nSPS) is 25.7. The molecule has 20 heavy (non-hydrogen) atoms. The van der Waals surface area contributed by atoms with E-state index in [9.17, 15) is 13.2 Å². The highest BCUT2D eigenvalue weighted by atomic mass is 19.4. The zero-order valence-corrected chi connectivity index (χ0v) is 12.0.